The van der Waals surface area contributed by atoms with Crippen molar-refractivity contribution < 1.29 is 22.7 Å². The number of esters is 1. The molecule has 6 nitrogen and oxygen atoms in total. The fraction of sp³-hybridized carbons (Fsp3) is 0.467. The number of piperidine rings is 1. The zero-order chi connectivity index (χ0) is 16.3. The van der Waals surface area contributed by atoms with E-state index in [9.17, 15) is 18.0 Å². The van der Waals surface area contributed by atoms with Crippen molar-refractivity contribution in [2.45, 2.75) is 25.2 Å². The Balaban J connectivity index is 2.14. The summed E-state index contributed by atoms with van der Waals surface area (Å²) in [6.45, 7) is 3.57. The molecule has 1 aliphatic rings. The van der Waals surface area contributed by atoms with E-state index < -0.39 is 27.7 Å². The lowest BCUT2D eigenvalue weighted by molar-refractivity contribution is -0.153. The van der Waals surface area contributed by atoms with Gasteiger partial charge in [-0.2, -0.15) is 4.31 Å². The van der Waals surface area contributed by atoms with Crippen LogP contribution in [0.5, 0.6) is 0 Å². The lowest BCUT2D eigenvalue weighted by atomic mass is 9.97. The van der Waals surface area contributed by atoms with Crippen molar-refractivity contribution >= 4 is 21.8 Å². The van der Waals surface area contributed by atoms with Gasteiger partial charge in [0.05, 0.1) is 18.0 Å². The monoisotopic (exact) mass is 325 g/mol. The van der Waals surface area contributed by atoms with Gasteiger partial charge in [0.15, 0.2) is 5.78 Å². The third-order valence-corrected chi connectivity index (χ3v) is 5.48. The lowest BCUT2D eigenvalue weighted by Gasteiger charge is -2.29. The van der Waals surface area contributed by atoms with Crippen molar-refractivity contribution in [3.05, 3.63) is 29.8 Å². The highest BCUT2D eigenvalue weighted by Gasteiger charge is 2.38. The normalized spacial score (nSPS) is 19.9. The van der Waals surface area contributed by atoms with E-state index >= 15 is 0 Å². The van der Waals surface area contributed by atoms with Crippen LogP contribution in [0.2, 0.25) is 0 Å². The first kappa shape index (κ1) is 16.6. The molecule has 0 radical (unpaired) electrons. The molecule has 1 fully saturated rings. The first-order valence-electron chi connectivity index (χ1n) is 7.12. The van der Waals surface area contributed by atoms with Gasteiger partial charge in [0.1, 0.15) is 5.92 Å². The first-order valence-corrected chi connectivity index (χ1v) is 8.56. The van der Waals surface area contributed by atoms with Crippen LogP contribution in [-0.2, 0) is 24.3 Å². The third-order valence-electron chi connectivity index (χ3n) is 3.62. The minimum absolute atomic E-state index is 0.130. The summed E-state index contributed by atoms with van der Waals surface area (Å²) in [4.78, 5) is 23.9. The summed E-state index contributed by atoms with van der Waals surface area (Å²) in [5.74, 6) is -1.84. The molecule has 7 heteroatoms. The zero-order valence-corrected chi connectivity index (χ0v) is 13.4. The number of rotatable bonds is 4. The van der Waals surface area contributed by atoms with E-state index in [1.54, 1.807) is 19.1 Å². The van der Waals surface area contributed by atoms with Gasteiger partial charge in [0.25, 0.3) is 0 Å². The molecule has 1 unspecified atom stereocenters. The number of aryl methyl sites for hydroxylation is 1. The van der Waals surface area contributed by atoms with Gasteiger partial charge in [-0.15, -0.1) is 0 Å². The van der Waals surface area contributed by atoms with Crippen LogP contribution in [0.1, 0.15) is 18.9 Å². The quantitative estimate of drug-likeness (QED) is 0.612. The van der Waals surface area contributed by atoms with Gasteiger partial charge < -0.3 is 4.74 Å². The maximum absolute atomic E-state index is 12.5. The second-order valence-corrected chi connectivity index (χ2v) is 7.15. The Morgan fingerprint density at radius 3 is 2.50 bits per heavy atom. The number of Topliss-reactive ketones (excluding diaryl/α,β-unsaturated/α-hetero) is 1. The number of carbonyl (C=O) groups excluding carboxylic acids is 2. The summed E-state index contributed by atoms with van der Waals surface area (Å²) in [5.41, 5.74) is 0.955. The lowest BCUT2D eigenvalue weighted by Crippen LogP contribution is -2.46. The van der Waals surface area contributed by atoms with E-state index in [1.807, 2.05) is 6.92 Å². The van der Waals surface area contributed by atoms with Gasteiger partial charge >= 0.3 is 5.97 Å². The summed E-state index contributed by atoms with van der Waals surface area (Å²) < 4.78 is 31.0. The maximum atomic E-state index is 12.5. The van der Waals surface area contributed by atoms with Crippen LogP contribution < -0.4 is 0 Å². The molecule has 1 saturated heterocycles. The Hall–Kier alpha value is -1.73. The number of nitrogens with zero attached hydrogens (tertiary/aromatic N) is 1. The molecule has 0 aromatic heterocycles. The molecule has 1 aromatic rings. The molecule has 22 heavy (non-hydrogen) atoms. The third kappa shape index (κ3) is 3.36. The van der Waals surface area contributed by atoms with Gasteiger partial charge in [0, 0.05) is 6.54 Å². The van der Waals surface area contributed by atoms with Crippen molar-refractivity contribution in [3.63, 3.8) is 0 Å². The van der Waals surface area contributed by atoms with Crippen molar-refractivity contribution in [1.82, 2.24) is 4.31 Å². The second kappa shape index (κ2) is 6.58. The van der Waals surface area contributed by atoms with Gasteiger partial charge in [0.2, 0.25) is 10.0 Å². The Morgan fingerprint density at radius 2 is 1.95 bits per heavy atom. The van der Waals surface area contributed by atoms with E-state index in [-0.39, 0.29) is 31.0 Å². The minimum Gasteiger partial charge on any atom is -0.465 e. The Morgan fingerprint density at radius 1 is 1.32 bits per heavy atom. The highest BCUT2D eigenvalue weighted by atomic mass is 32.2. The number of ether oxygens (including phenoxy) is 1. The molecule has 120 valence electrons. The number of benzene rings is 1. The van der Waals surface area contributed by atoms with Crippen molar-refractivity contribution in [2.24, 2.45) is 5.92 Å². The summed E-state index contributed by atoms with van der Waals surface area (Å²) >= 11 is 0. The van der Waals surface area contributed by atoms with Crippen molar-refractivity contribution in [2.75, 3.05) is 19.7 Å². The van der Waals surface area contributed by atoms with E-state index in [2.05, 4.69) is 0 Å². The summed E-state index contributed by atoms with van der Waals surface area (Å²) in [7, 11) is -3.71. The molecule has 1 aliphatic heterocycles. The number of hydrogen-bond acceptors (Lipinski definition) is 5. The van der Waals surface area contributed by atoms with Gasteiger partial charge in [-0.25, -0.2) is 8.42 Å². The number of ketones is 1. The molecule has 0 N–H and O–H groups in total. The highest BCUT2D eigenvalue weighted by molar-refractivity contribution is 7.89. The van der Waals surface area contributed by atoms with E-state index in [0.717, 1.165) is 9.87 Å². The number of carbonyl (C=O) groups is 2. The van der Waals surface area contributed by atoms with Crippen LogP contribution in [0.4, 0.5) is 0 Å². The predicted octanol–water partition coefficient (Wildman–Crippen LogP) is 1.14. The minimum atomic E-state index is -3.71. The van der Waals surface area contributed by atoms with Crippen molar-refractivity contribution in [1.29, 1.82) is 0 Å². The zero-order valence-electron chi connectivity index (χ0n) is 12.6. The topological polar surface area (TPSA) is 80.8 Å². The summed E-state index contributed by atoms with van der Waals surface area (Å²) in [6.07, 6.45) is 0.156. The van der Waals surface area contributed by atoms with Crippen LogP contribution in [0.25, 0.3) is 0 Å². The van der Waals surface area contributed by atoms with Gasteiger partial charge in [-0.1, -0.05) is 17.7 Å². The van der Waals surface area contributed by atoms with Crippen LogP contribution in [0, 0.1) is 12.8 Å². The smallest absolute Gasteiger partial charge is 0.316 e. The molecule has 2 rings (SSSR count). The fourth-order valence-electron chi connectivity index (χ4n) is 2.35. The SMILES string of the molecule is CCOC(=O)C1CCN(S(=O)(=O)c2ccc(C)cc2)CC1=O. The van der Waals surface area contributed by atoms with Gasteiger partial charge in [-0.05, 0) is 32.4 Å². The average Bonchev–Trinajstić information content (AvgIpc) is 2.47. The van der Waals surface area contributed by atoms with Crippen LogP contribution >= 0.6 is 0 Å². The molecule has 0 bridgehead atoms. The van der Waals surface area contributed by atoms with E-state index in [1.165, 1.54) is 12.1 Å². The molecule has 1 atom stereocenters. The Bertz CT molecular complexity index is 666. The van der Waals surface area contributed by atoms with Crippen LogP contribution in [0.15, 0.2) is 29.2 Å². The number of sulfonamides is 1. The Kier molecular flexibility index (Phi) is 4.97. The molecule has 1 aromatic carbocycles. The number of hydrogen-bond donors (Lipinski definition) is 0. The van der Waals surface area contributed by atoms with E-state index in [0.29, 0.717) is 0 Å². The fourth-order valence-corrected chi connectivity index (χ4v) is 3.77. The summed E-state index contributed by atoms with van der Waals surface area (Å²) in [5, 5.41) is 0. The molecule has 0 spiro atoms. The van der Waals surface area contributed by atoms with Gasteiger partial charge in [-0.3, -0.25) is 9.59 Å². The first-order chi connectivity index (χ1) is 10.4. The molecular weight excluding hydrogens is 306 g/mol. The molecule has 0 amide bonds. The second-order valence-electron chi connectivity index (χ2n) is 5.21. The van der Waals surface area contributed by atoms with Crippen LogP contribution in [0.3, 0.4) is 0 Å². The van der Waals surface area contributed by atoms with Crippen molar-refractivity contribution in [3.8, 4) is 0 Å². The average molecular weight is 325 g/mol. The largest absolute Gasteiger partial charge is 0.465 e. The van der Waals surface area contributed by atoms with Crippen LogP contribution in [-0.4, -0.2) is 44.2 Å². The predicted molar refractivity (Wildman–Crippen MR) is 79.7 cm³/mol. The maximum Gasteiger partial charge on any atom is 0.316 e. The highest BCUT2D eigenvalue weighted by Crippen LogP contribution is 2.23. The van der Waals surface area contributed by atoms with E-state index in [4.69, 9.17) is 4.74 Å². The molecule has 0 aliphatic carbocycles. The summed E-state index contributed by atoms with van der Waals surface area (Å²) in [6, 6.07) is 6.46. The molecule has 0 saturated carbocycles. The standard InChI is InChI=1S/C15H19NO5S/c1-3-21-15(18)13-8-9-16(10-14(13)17)22(19,20)12-6-4-11(2)5-7-12/h4-7,13H,3,8-10H2,1-2H3. The Labute approximate surface area is 130 Å². The molecular formula is C15H19NO5S. The molecule has 1 heterocycles.